The third-order valence-corrected chi connectivity index (χ3v) is 1.91. The molecule has 0 N–H and O–H groups in total. The standard InChI is InChI=1S/C6H3FN2O2S/c7-12(10,11)6-1-5(2-8)3-9-4-6/h1,3-4H. The molecule has 0 amide bonds. The molecule has 4 nitrogen and oxygen atoms in total. The van der Waals surface area contributed by atoms with E-state index >= 15 is 0 Å². The summed E-state index contributed by atoms with van der Waals surface area (Å²) >= 11 is 0. The van der Waals surface area contributed by atoms with E-state index in [2.05, 4.69) is 4.98 Å². The molecule has 0 unspecified atom stereocenters. The summed E-state index contributed by atoms with van der Waals surface area (Å²) in [7, 11) is -4.75. The highest BCUT2D eigenvalue weighted by Crippen LogP contribution is 2.11. The van der Waals surface area contributed by atoms with Crippen LogP contribution in [0.5, 0.6) is 0 Å². The Morgan fingerprint density at radius 3 is 2.67 bits per heavy atom. The molecule has 0 fully saturated rings. The first-order valence-electron chi connectivity index (χ1n) is 2.84. The van der Waals surface area contributed by atoms with Gasteiger partial charge in [-0.3, -0.25) is 4.98 Å². The monoisotopic (exact) mass is 186 g/mol. The van der Waals surface area contributed by atoms with Gasteiger partial charge >= 0.3 is 10.2 Å². The minimum Gasteiger partial charge on any atom is -0.262 e. The molecule has 0 aliphatic carbocycles. The fraction of sp³-hybridized carbons (Fsp3) is 0. The Labute approximate surface area is 68.5 Å². The fourth-order valence-corrected chi connectivity index (χ4v) is 1.07. The summed E-state index contributed by atoms with van der Waals surface area (Å²) < 4.78 is 32.8. The Hall–Kier alpha value is -1.48. The molecule has 12 heavy (non-hydrogen) atoms. The van der Waals surface area contributed by atoms with Gasteiger partial charge in [0.25, 0.3) is 0 Å². The second-order valence-corrected chi connectivity index (χ2v) is 3.31. The number of halogens is 1. The van der Waals surface area contributed by atoms with E-state index in [4.69, 9.17) is 5.26 Å². The largest absolute Gasteiger partial charge is 0.333 e. The van der Waals surface area contributed by atoms with E-state index in [-0.39, 0.29) is 5.56 Å². The molecule has 1 heterocycles. The van der Waals surface area contributed by atoms with Crippen LogP contribution in [0.4, 0.5) is 3.89 Å². The number of nitriles is 1. The van der Waals surface area contributed by atoms with Crippen LogP contribution in [0.1, 0.15) is 5.56 Å². The molecule has 1 aromatic rings. The molecule has 0 aromatic carbocycles. The Bertz CT molecular complexity index is 435. The van der Waals surface area contributed by atoms with E-state index in [1.165, 1.54) is 0 Å². The highest BCUT2D eigenvalue weighted by Gasteiger charge is 2.12. The van der Waals surface area contributed by atoms with Gasteiger partial charge in [0, 0.05) is 12.4 Å². The van der Waals surface area contributed by atoms with Crippen molar-refractivity contribution >= 4 is 10.2 Å². The zero-order chi connectivity index (χ0) is 9.19. The van der Waals surface area contributed by atoms with Gasteiger partial charge in [-0.2, -0.15) is 13.7 Å². The first-order valence-corrected chi connectivity index (χ1v) is 4.22. The SMILES string of the molecule is N#Cc1cncc(S(=O)(=O)F)c1. The third-order valence-electron chi connectivity index (χ3n) is 1.12. The van der Waals surface area contributed by atoms with Crippen LogP contribution in [0, 0.1) is 11.3 Å². The summed E-state index contributed by atoms with van der Waals surface area (Å²) in [6.45, 7) is 0. The summed E-state index contributed by atoms with van der Waals surface area (Å²) in [4.78, 5) is 2.78. The molecule has 1 rings (SSSR count). The van der Waals surface area contributed by atoms with Crippen molar-refractivity contribution in [2.75, 3.05) is 0 Å². The van der Waals surface area contributed by atoms with E-state index in [0.29, 0.717) is 0 Å². The van der Waals surface area contributed by atoms with Gasteiger partial charge in [-0.15, -0.1) is 3.89 Å². The highest BCUT2D eigenvalue weighted by molar-refractivity contribution is 7.86. The Morgan fingerprint density at radius 2 is 2.17 bits per heavy atom. The summed E-state index contributed by atoms with van der Waals surface area (Å²) in [5.74, 6) is 0. The Balaban J connectivity index is 3.32. The lowest BCUT2D eigenvalue weighted by molar-refractivity contribution is 0.551. The average molecular weight is 186 g/mol. The molecule has 0 aliphatic heterocycles. The summed E-state index contributed by atoms with van der Waals surface area (Å²) in [5, 5.41) is 8.32. The predicted octanol–water partition coefficient (Wildman–Crippen LogP) is 0.611. The van der Waals surface area contributed by atoms with E-state index in [9.17, 15) is 12.3 Å². The lowest BCUT2D eigenvalue weighted by Crippen LogP contribution is -1.93. The van der Waals surface area contributed by atoms with Crippen molar-refractivity contribution in [1.29, 1.82) is 5.26 Å². The molecule has 0 bridgehead atoms. The molecule has 6 heteroatoms. The Kier molecular flexibility index (Phi) is 2.06. The van der Waals surface area contributed by atoms with Crippen LogP contribution in [0.2, 0.25) is 0 Å². The number of hydrogen-bond donors (Lipinski definition) is 0. The molecule has 0 atom stereocenters. The number of pyridine rings is 1. The van der Waals surface area contributed by atoms with Crippen molar-refractivity contribution in [3.05, 3.63) is 24.0 Å². The van der Waals surface area contributed by atoms with Gasteiger partial charge in [0.15, 0.2) is 0 Å². The van der Waals surface area contributed by atoms with Crippen LogP contribution in [-0.2, 0) is 10.2 Å². The van der Waals surface area contributed by atoms with Crippen LogP contribution in [-0.4, -0.2) is 13.4 Å². The van der Waals surface area contributed by atoms with Crippen LogP contribution >= 0.6 is 0 Å². The minimum absolute atomic E-state index is 0.00808. The van der Waals surface area contributed by atoms with E-state index in [1.54, 1.807) is 6.07 Å². The summed E-state index contributed by atoms with van der Waals surface area (Å²) in [6, 6.07) is 2.56. The maximum Gasteiger partial charge on any atom is 0.333 e. The topological polar surface area (TPSA) is 70.8 Å². The van der Waals surface area contributed by atoms with Gasteiger partial charge in [0.2, 0.25) is 0 Å². The van der Waals surface area contributed by atoms with Crippen molar-refractivity contribution < 1.29 is 12.3 Å². The van der Waals surface area contributed by atoms with E-state index in [0.717, 1.165) is 18.5 Å². The van der Waals surface area contributed by atoms with Gasteiger partial charge in [-0.05, 0) is 6.07 Å². The van der Waals surface area contributed by atoms with Crippen LogP contribution < -0.4 is 0 Å². The van der Waals surface area contributed by atoms with Gasteiger partial charge in [-0.1, -0.05) is 0 Å². The van der Waals surface area contributed by atoms with Gasteiger partial charge in [-0.25, -0.2) is 0 Å². The molecule has 62 valence electrons. The number of aromatic nitrogens is 1. The Morgan fingerprint density at radius 1 is 1.50 bits per heavy atom. The van der Waals surface area contributed by atoms with Crippen LogP contribution in [0.3, 0.4) is 0 Å². The third kappa shape index (κ3) is 1.77. The van der Waals surface area contributed by atoms with Crippen molar-refractivity contribution in [3.63, 3.8) is 0 Å². The van der Waals surface area contributed by atoms with Gasteiger partial charge in [0.1, 0.15) is 11.0 Å². The maximum absolute atomic E-state index is 12.3. The zero-order valence-corrected chi connectivity index (χ0v) is 6.55. The molecule has 0 saturated heterocycles. The zero-order valence-electron chi connectivity index (χ0n) is 5.73. The van der Waals surface area contributed by atoms with Crippen molar-refractivity contribution in [2.45, 2.75) is 4.90 Å². The van der Waals surface area contributed by atoms with Crippen molar-refractivity contribution in [2.24, 2.45) is 0 Å². The normalized spacial score (nSPS) is 10.7. The molecular formula is C6H3FN2O2S. The average Bonchev–Trinajstić information content (AvgIpc) is 2.03. The number of nitrogens with zero attached hydrogens (tertiary/aromatic N) is 2. The summed E-state index contributed by atoms with van der Waals surface area (Å²) in [6.07, 6.45) is 1.99. The van der Waals surface area contributed by atoms with Crippen LogP contribution in [0.25, 0.3) is 0 Å². The first kappa shape index (κ1) is 8.62. The number of rotatable bonds is 1. The molecular weight excluding hydrogens is 183 g/mol. The highest BCUT2D eigenvalue weighted by atomic mass is 32.3. The number of hydrogen-bond acceptors (Lipinski definition) is 4. The van der Waals surface area contributed by atoms with Crippen LogP contribution in [0.15, 0.2) is 23.4 Å². The van der Waals surface area contributed by atoms with Crippen molar-refractivity contribution in [1.82, 2.24) is 4.98 Å². The van der Waals surface area contributed by atoms with E-state index < -0.39 is 15.1 Å². The second kappa shape index (κ2) is 2.87. The van der Waals surface area contributed by atoms with Crippen molar-refractivity contribution in [3.8, 4) is 6.07 Å². The van der Waals surface area contributed by atoms with E-state index in [1.807, 2.05) is 0 Å². The maximum atomic E-state index is 12.3. The molecule has 0 spiro atoms. The first-order chi connectivity index (χ1) is 5.54. The quantitative estimate of drug-likeness (QED) is 0.602. The lowest BCUT2D eigenvalue weighted by Gasteiger charge is -1.92. The molecule has 0 aliphatic rings. The lowest BCUT2D eigenvalue weighted by atomic mass is 10.3. The fourth-order valence-electron chi connectivity index (χ4n) is 0.613. The predicted molar refractivity (Wildman–Crippen MR) is 37.2 cm³/mol. The molecule has 1 aromatic heterocycles. The summed E-state index contributed by atoms with van der Waals surface area (Å²) in [5.41, 5.74) is 0.00808. The molecule has 0 radical (unpaired) electrons. The van der Waals surface area contributed by atoms with Gasteiger partial charge in [0.05, 0.1) is 5.56 Å². The smallest absolute Gasteiger partial charge is 0.262 e. The minimum atomic E-state index is -4.75. The second-order valence-electron chi connectivity index (χ2n) is 1.96. The van der Waals surface area contributed by atoms with Gasteiger partial charge < -0.3 is 0 Å². The molecule has 0 saturated carbocycles.